The molecule has 1 aliphatic carbocycles. The Bertz CT molecular complexity index is 590. The molecule has 0 saturated heterocycles. The molecule has 104 valence electrons. The number of carboxylic acid groups (broad SMARTS) is 1. The van der Waals surface area contributed by atoms with Gasteiger partial charge in [0.25, 0.3) is 0 Å². The minimum atomic E-state index is -0.825. The fourth-order valence-electron chi connectivity index (χ4n) is 2.17. The van der Waals surface area contributed by atoms with Crippen LogP contribution in [-0.4, -0.2) is 32.9 Å². The van der Waals surface area contributed by atoms with E-state index >= 15 is 0 Å². The molecule has 1 saturated carbocycles. The van der Waals surface area contributed by atoms with Gasteiger partial charge in [-0.3, -0.25) is 9.48 Å². The van der Waals surface area contributed by atoms with Crippen LogP contribution in [0.4, 0.5) is 0 Å². The van der Waals surface area contributed by atoms with Crippen LogP contribution < -0.4 is 5.32 Å². The molecular formula is C15H17N3O2. The molecule has 1 aliphatic rings. The van der Waals surface area contributed by atoms with Crippen LogP contribution in [0, 0.1) is 0 Å². The third kappa shape index (κ3) is 3.05. The molecule has 0 radical (unpaired) electrons. The second-order valence-corrected chi connectivity index (χ2v) is 5.15. The Labute approximate surface area is 117 Å². The first-order valence-corrected chi connectivity index (χ1v) is 6.79. The van der Waals surface area contributed by atoms with E-state index in [1.165, 1.54) is 0 Å². The summed E-state index contributed by atoms with van der Waals surface area (Å²) in [6, 6.07) is 9.72. The summed E-state index contributed by atoms with van der Waals surface area (Å²) < 4.78 is 1.69. The molecule has 3 rings (SSSR count). The van der Waals surface area contributed by atoms with E-state index in [2.05, 4.69) is 10.4 Å². The van der Waals surface area contributed by atoms with Gasteiger partial charge in [0.05, 0.1) is 12.7 Å². The Morgan fingerprint density at radius 3 is 2.75 bits per heavy atom. The average molecular weight is 271 g/mol. The smallest absolute Gasteiger partial charge is 0.322 e. The van der Waals surface area contributed by atoms with Gasteiger partial charge < -0.3 is 10.4 Å². The highest BCUT2D eigenvalue weighted by molar-refractivity contribution is 5.73. The maximum Gasteiger partial charge on any atom is 0.322 e. The van der Waals surface area contributed by atoms with Crippen LogP contribution in [0.25, 0.3) is 11.1 Å². The molecule has 1 aromatic heterocycles. The molecule has 2 aromatic rings. The van der Waals surface area contributed by atoms with E-state index in [-0.39, 0.29) is 0 Å². The molecule has 1 aromatic carbocycles. The fraction of sp³-hybridized carbons (Fsp3) is 0.333. The monoisotopic (exact) mass is 271 g/mol. The number of carboxylic acids is 1. The number of nitrogens with zero attached hydrogens (tertiary/aromatic N) is 2. The Kier molecular flexibility index (Phi) is 3.52. The van der Waals surface area contributed by atoms with Gasteiger partial charge in [0, 0.05) is 17.8 Å². The molecular weight excluding hydrogens is 254 g/mol. The van der Waals surface area contributed by atoms with Crippen molar-refractivity contribution in [2.24, 2.45) is 0 Å². The minimum Gasteiger partial charge on any atom is -0.480 e. The second kappa shape index (κ2) is 5.46. The van der Waals surface area contributed by atoms with E-state index in [4.69, 9.17) is 0 Å². The van der Waals surface area contributed by atoms with Crippen molar-refractivity contribution in [3.63, 3.8) is 0 Å². The van der Waals surface area contributed by atoms with Gasteiger partial charge in [-0.25, -0.2) is 0 Å². The summed E-state index contributed by atoms with van der Waals surface area (Å²) in [5.74, 6) is -0.825. The SMILES string of the molecule is O=C(O)C(Cn1cc(-c2ccccc2)cn1)NC1CC1. The van der Waals surface area contributed by atoms with Crippen LogP contribution in [0.5, 0.6) is 0 Å². The predicted octanol–water partition coefficient (Wildman–Crippen LogP) is 1.76. The van der Waals surface area contributed by atoms with Crippen molar-refractivity contribution in [3.05, 3.63) is 42.7 Å². The van der Waals surface area contributed by atoms with E-state index < -0.39 is 12.0 Å². The van der Waals surface area contributed by atoms with Gasteiger partial charge in [-0.05, 0) is 18.4 Å². The Hall–Kier alpha value is -2.14. The first-order valence-electron chi connectivity index (χ1n) is 6.79. The van der Waals surface area contributed by atoms with E-state index in [9.17, 15) is 9.90 Å². The first-order chi connectivity index (χ1) is 9.72. The van der Waals surface area contributed by atoms with Gasteiger partial charge in [-0.2, -0.15) is 5.10 Å². The zero-order valence-electron chi connectivity index (χ0n) is 11.1. The molecule has 0 amide bonds. The van der Waals surface area contributed by atoms with E-state index in [1.807, 2.05) is 36.5 Å². The van der Waals surface area contributed by atoms with Crippen LogP contribution in [0.15, 0.2) is 42.7 Å². The second-order valence-electron chi connectivity index (χ2n) is 5.15. The van der Waals surface area contributed by atoms with Gasteiger partial charge in [-0.1, -0.05) is 30.3 Å². The van der Waals surface area contributed by atoms with Crippen molar-refractivity contribution in [1.82, 2.24) is 15.1 Å². The summed E-state index contributed by atoms with van der Waals surface area (Å²) >= 11 is 0. The molecule has 1 heterocycles. The highest BCUT2D eigenvalue weighted by Gasteiger charge is 2.28. The maximum atomic E-state index is 11.2. The number of benzene rings is 1. The number of rotatable bonds is 6. The molecule has 0 bridgehead atoms. The summed E-state index contributed by atoms with van der Waals surface area (Å²) in [6.07, 6.45) is 5.79. The topological polar surface area (TPSA) is 67.1 Å². The lowest BCUT2D eigenvalue weighted by Gasteiger charge is -2.13. The lowest BCUT2D eigenvalue weighted by Crippen LogP contribution is -2.41. The van der Waals surface area contributed by atoms with Crippen molar-refractivity contribution in [3.8, 4) is 11.1 Å². The van der Waals surface area contributed by atoms with Crippen LogP contribution in [0.1, 0.15) is 12.8 Å². The van der Waals surface area contributed by atoms with Crippen molar-refractivity contribution < 1.29 is 9.90 Å². The molecule has 2 N–H and O–H groups in total. The van der Waals surface area contributed by atoms with Gasteiger partial charge in [0.1, 0.15) is 6.04 Å². The highest BCUT2D eigenvalue weighted by atomic mass is 16.4. The molecule has 20 heavy (non-hydrogen) atoms. The Balaban J connectivity index is 1.71. The van der Waals surface area contributed by atoms with Crippen molar-refractivity contribution >= 4 is 5.97 Å². The van der Waals surface area contributed by atoms with Crippen LogP contribution in [0.2, 0.25) is 0 Å². The van der Waals surface area contributed by atoms with Crippen LogP contribution >= 0.6 is 0 Å². The van der Waals surface area contributed by atoms with Crippen LogP contribution in [0.3, 0.4) is 0 Å². The van der Waals surface area contributed by atoms with E-state index in [1.54, 1.807) is 10.9 Å². The molecule has 5 nitrogen and oxygen atoms in total. The number of nitrogens with one attached hydrogen (secondary N) is 1. The maximum absolute atomic E-state index is 11.2. The molecule has 0 spiro atoms. The quantitative estimate of drug-likeness (QED) is 0.840. The number of carbonyl (C=O) groups is 1. The summed E-state index contributed by atoms with van der Waals surface area (Å²) in [6.45, 7) is 0.346. The minimum absolute atomic E-state index is 0.346. The Morgan fingerprint density at radius 1 is 1.35 bits per heavy atom. The summed E-state index contributed by atoms with van der Waals surface area (Å²) in [5, 5.41) is 16.6. The van der Waals surface area contributed by atoms with E-state index in [0.29, 0.717) is 12.6 Å². The predicted molar refractivity (Wildman–Crippen MR) is 75.2 cm³/mol. The lowest BCUT2D eigenvalue weighted by molar-refractivity contribution is -0.140. The first kappa shape index (κ1) is 12.9. The molecule has 1 atom stereocenters. The van der Waals surface area contributed by atoms with Gasteiger partial charge in [0.15, 0.2) is 0 Å². The molecule has 0 aliphatic heterocycles. The van der Waals surface area contributed by atoms with Gasteiger partial charge in [0.2, 0.25) is 0 Å². The molecule has 1 fully saturated rings. The number of aliphatic carboxylic acids is 1. The normalized spacial score (nSPS) is 16.0. The van der Waals surface area contributed by atoms with Crippen LogP contribution in [-0.2, 0) is 11.3 Å². The van der Waals surface area contributed by atoms with Crippen molar-refractivity contribution in [2.75, 3.05) is 0 Å². The zero-order valence-corrected chi connectivity index (χ0v) is 11.1. The molecule has 1 unspecified atom stereocenters. The number of hydrogen-bond donors (Lipinski definition) is 2. The third-order valence-corrected chi connectivity index (χ3v) is 3.42. The Morgan fingerprint density at radius 2 is 2.10 bits per heavy atom. The highest BCUT2D eigenvalue weighted by Crippen LogP contribution is 2.20. The van der Waals surface area contributed by atoms with E-state index in [0.717, 1.165) is 24.0 Å². The summed E-state index contributed by atoms with van der Waals surface area (Å²) in [4.78, 5) is 11.2. The largest absolute Gasteiger partial charge is 0.480 e. The number of aromatic nitrogens is 2. The number of hydrogen-bond acceptors (Lipinski definition) is 3. The van der Waals surface area contributed by atoms with Crippen molar-refractivity contribution in [1.29, 1.82) is 0 Å². The average Bonchev–Trinajstić information content (AvgIpc) is 3.15. The molecule has 5 heteroatoms. The van der Waals surface area contributed by atoms with Gasteiger partial charge in [-0.15, -0.1) is 0 Å². The summed E-state index contributed by atoms with van der Waals surface area (Å²) in [5.41, 5.74) is 2.09. The lowest BCUT2D eigenvalue weighted by atomic mass is 10.1. The van der Waals surface area contributed by atoms with Gasteiger partial charge >= 0.3 is 5.97 Å². The third-order valence-electron chi connectivity index (χ3n) is 3.42. The van der Waals surface area contributed by atoms with Crippen molar-refractivity contribution in [2.45, 2.75) is 31.5 Å². The zero-order chi connectivity index (χ0) is 13.9. The summed E-state index contributed by atoms with van der Waals surface area (Å²) in [7, 11) is 0. The standard InChI is InChI=1S/C15H17N3O2/c19-15(20)14(17-13-6-7-13)10-18-9-12(8-16-18)11-4-2-1-3-5-11/h1-5,8-9,13-14,17H,6-7,10H2,(H,19,20). The fourth-order valence-corrected chi connectivity index (χ4v) is 2.17.